The molecule has 0 unspecified atom stereocenters. The minimum Gasteiger partial charge on any atom is -0.383 e. The molecule has 15 heavy (non-hydrogen) atoms. The smallest absolute Gasteiger partial charge is 0.187 e. The third-order valence-corrected chi connectivity index (χ3v) is 2.76. The van der Waals surface area contributed by atoms with Gasteiger partial charge < -0.3 is 9.64 Å². The molecule has 0 aromatic carbocycles. The number of aromatic nitrogens is 2. The number of nitrogens with zero attached hydrogens (tertiary/aromatic N) is 3. The van der Waals surface area contributed by atoms with Gasteiger partial charge in [0.2, 0.25) is 0 Å². The van der Waals surface area contributed by atoms with Gasteiger partial charge in [0.05, 0.1) is 18.3 Å². The lowest BCUT2D eigenvalue weighted by Crippen LogP contribution is -2.31. The summed E-state index contributed by atoms with van der Waals surface area (Å²) in [6, 6.07) is 0. The Bertz CT molecular complexity index is 293. The molecule has 1 rings (SSSR count). The molecule has 0 fully saturated rings. The molecule has 86 valence electrons. The van der Waals surface area contributed by atoms with Gasteiger partial charge in [0, 0.05) is 20.2 Å². The zero-order valence-corrected chi connectivity index (χ0v) is 10.8. The highest BCUT2D eigenvalue weighted by atomic mass is 35.5. The predicted octanol–water partition coefficient (Wildman–Crippen LogP) is 2.30. The van der Waals surface area contributed by atoms with Crippen molar-refractivity contribution >= 4 is 29.1 Å². The van der Waals surface area contributed by atoms with Gasteiger partial charge in [-0.05, 0) is 5.92 Å². The Kier molecular flexibility index (Phi) is 5.28. The number of ether oxygens (including phenoxy) is 1. The van der Waals surface area contributed by atoms with Crippen molar-refractivity contribution in [3.05, 3.63) is 5.15 Å². The topological polar surface area (TPSA) is 38.2 Å². The number of rotatable bonds is 6. The van der Waals surface area contributed by atoms with Crippen molar-refractivity contribution < 1.29 is 4.74 Å². The van der Waals surface area contributed by atoms with E-state index in [4.69, 9.17) is 16.3 Å². The van der Waals surface area contributed by atoms with Crippen LogP contribution in [0.25, 0.3) is 0 Å². The Morgan fingerprint density at radius 1 is 1.47 bits per heavy atom. The van der Waals surface area contributed by atoms with Crippen LogP contribution in [0.3, 0.4) is 0 Å². The van der Waals surface area contributed by atoms with E-state index in [9.17, 15) is 0 Å². The lowest BCUT2D eigenvalue weighted by Gasteiger charge is -2.23. The summed E-state index contributed by atoms with van der Waals surface area (Å²) in [5, 5.41) is 0.483. The summed E-state index contributed by atoms with van der Waals surface area (Å²) >= 11 is 7.09. The largest absolute Gasteiger partial charge is 0.383 e. The van der Waals surface area contributed by atoms with Crippen molar-refractivity contribution in [1.82, 2.24) is 8.75 Å². The molecule has 0 saturated heterocycles. The molecule has 4 nitrogen and oxygen atoms in total. The summed E-state index contributed by atoms with van der Waals surface area (Å²) in [6.07, 6.45) is 0. The van der Waals surface area contributed by atoms with Crippen LogP contribution in [0.4, 0.5) is 5.82 Å². The second kappa shape index (κ2) is 6.25. The van der Waals surface area contributed by atoms with Crippen LogP contribution in [-0.4, -0.2) is 35.6 Å². The van der Waals surface area contributed by atoms with Crippen LogP contribution in [0.5, 0.6) is 0 Å². The number of halogens is 1. The molecule has 0 atom stereocenters. The highest BCUT2D eigenvalue weighted by Gasteiger charge is 2.15. The first-order valence-corrected chi connectivity index (χ1v) is 5.98. The summed E-state index contributed by atoms with van der Waals surface area (Å²) in [5.74, 6) is 1.33. The maximum Gasteiger partial charge on any atom is 0.187 e. The third kappa shape index (κ3) is 3.93. The van der Waals surface area contributed by atoms with Crippen LogP contribution in [0.2, 0.25) is 5.15 Å². The number of hydrogen-bond donors (Lipinski definition) is 0. The summed E-state index contributed by atoms with van der Waals surface area (Å²) in [5.41, 5.74) is 0. The van der Waals surface area contributed by atoms with E-state index in [1.54, 1.807) is 7.11 Å². The Morgan fingerprint density at radius 3 is 2.67 bits per heavy atom. The summed E-state index contributed by atoms with van der Waals surface area (Å²) in [6.45, 7) is 6.69. The molecule has 0 spiro atoms. The maximum atomic E-state index is 5.95. The monoisotopic (exact) mass is 249 g/mol. The minimum atomic E-state index is 0.483. The highest BCUT2D eigenvalue weighted by Crippen LogP contribution is 2.23. The van der Waals surface area contributed by atoms with Gasteiger partial charge in [0.1, 0.15) is 0 Å². The first kappa shape index (κ1) is 12.7. The van der Waals surface area contributed by atoms with Crippen molar-refractivity contribution in [2.75, 3.05) is 31.7 Å². The van der Waals surface area contributed by atoms with Gasteiger partial charge in [0.15, 0.2) is 11.0 Å². The molecule has 0 N–H and O–H groups in total. The molecular formula is C9H16ClN3OS. The Hall–Kier alpha value is -0.390. The van der Waals surface area contributed by atoms with Gasteiger partial charge in [-0.3, -0.25) is 0 Å². The molecule has 0 aliphatic carbocycles. The molecule has 0 bridgehead atoms. The summed E-state index contributed by atoms with van der Waals surface area (Å²) < 4.78 is 13.2. The van der Waals surface area contributed by atoms with Crippen molar-refractivity contribution in [1.29, 1.82) is 0 Å². The van der Waals surface area contributed by atoms with Gasteiger partial charge in [-0.1, -0.05) is 25.4 Å². The quantitative estimate of drug-likeness (QED) is 0.776. The fourth-order valence-corrected chi connectivity index (χ4v) is 2.07. The number of hydrogen-bond acceptors (Lipinski definition) is 5. The molecule has 0 aliphatic heterocycles. The van der Waals surface area contributed by atoms with Crippen molar-refractivity contribution in [2.24, 2.45) is 5.92 Å². The fourth-order valence-electron chi connectivity index (χ4n) is 1.29. The van der Waals surface area contributed by atoms with Crippen LogP contribution in [-0.2, 0) is 4.74 Å². The second-order valence-corrected chi connectivity index (χ2v) is 4.60. The molecule has 1 aromatic heterocycles. The molecule has 0 saturated carbocycles. The molecule has 1 heterocycles. The fraction of sp³-hybridized carbons (Fsp3) is 0.778. The van der Waals surface area contributed by atoms with Crippen LogP contribution in [0, 0.1) is 5.92 Å². The molecule has 0 radical (unpaired) electrons. The van der Waals surface area contributed by atoms with Crippen LogP contribution in [0.1, 0.15) is 13.8 Å². The van der Waals surface area contributed by atoms with E-state index in [-0.39, 0.29) is 0 Å². The first-order valence-electron chi connectivity index (χ1n) is 4.87. The van der Waals surface area contributed by atoms with E-state index in [1.807, 2.05) is 0 Å². The van der Waals surface area contributed by atoms with E-state index < -0.39 is 0 Å². The van der Waals surface area contributed by atoms with Gasteiger partial charge in [-0.15, -0.1) is 0 Å². The van der Waals surface area contributed by atoms with E-state index >= 15 is 0 Å². The molecule has 6 heteroatoms. The van der Waals surface area contributed by atoms with Crippen molar-refractivity contribution in [3.8, 4) is 0 Å². The van der Waals surface area contributed by atoms with Crippen molar-refractivity contribution in [3.63, 3.8) is 0 Å². The summed E-state index contributed by atoms with van der Waals surface area (Å²) in [4.78, 5) is 2.11. The van der Waals surface area contributed by atoms with Gasteiger partial charge in [-0.2, -0.15) is 8.75 Å². The molecule has 1 aromatic rings. The average Bonchev–Trinajstić information content (AvgIpc) is 2.58. The van der Waals surface area contributed by atoms with E-state index in [1.165, 1.54) is 0 Å². The van der Waals surface area contributed by atoms with Gasteiger partial charge in [0.25, 0.3) is 0 Å². The summed E-state index contributed by atoms with van der Waals surface area (Å²) in [7, 11) is 1.69. The van der Waals surface area contributed by atoms with E-state index in [0.717, 1.165) is 30.6 Å². The zero-order chi connectivity index (χ0) is 11.3. The van der Waals surface area contributed by atoms with Gasteiger partial charge >= 0.3 is 0 Å². The zero-order valence-electron chi connectivity index (χ0n) is 9.23. The molecule has 0 amide bonds. The standard InChI is InChI=1S/C9H16ClN3OS/c1-7(2)6-13(4-5-14-3)9-8(10)11-15-12-9/h7H,4-6H2,1-3H3. The minimum absolute atomic E-state index is 0.483. The number of methoxy groups -OCH3 is 1. The highest BCUT2D eigenvalue weighted by molar-refractivity contribution is 6.99. The van der Waals surface area contributed by atoms with Crippen LogP contribution < -0.4 is 4.90 Å². The second-order valence-electron chi connectivity index (χ2n) is 3.71. The van der Waals surface area contributed by atoms with E-state index in [2.05, 4.69) is 27.5 Å². The maximum absolute atomic E-state index is 5.95. The Labute approximate surface area is 99.5 Å². The Morgan fingerprint density at radius 2 is 2.20 bits per heavy atom. The van der Waals surface area contributed by atoms with Gasteiger partial charge in [-0.25, -0.2) is 0 Å². The SMILES string of the molecule is COCCN(CC(C)C)c1nsnc1Cl. The first-order chi connectivity index (χ1) is 7.15. The normalized spacial score (nSPS) is 11.0. The third-order valence-electron chi connectivity index (χ3n) is 1.88. The average molecular weight is 250 g/mol. The molecular weight excluding hydrogens is 234 g/mol. The predicted molar refractivity (Wildman–Crippen MR) is 63.8 cm³/mol. The van der Waals surface area contributed by atoms with E-state index in [0.29, 0.717) is 17.7 Å². The molecule has 0 aliphatic rings. The Balaban J connectivity index is 2.67. The lowest BCUT2D eigenvalue weighted by molar-refractivity contribution is 0.204. The lowest BCUT2D eigenvalue weighted by atomic mass is 10.2. The number of anilines is 1. The van der Waals surface area contributed by atoms with Crippen LogP contribution in [0.15, 0.2) is 0 Å². The van der Waals surface area contributed by atoms with Crippen LogP contribution >= 0.6 is 23.3 Å². The van der Waals surface area contributed by atoms with Crippen molar-refractivity contribution in [2.45, 2.75) is 13.8 Å².